The van der Waals surface area contributed by atoms with Crippen LogP contribution in [0.3, 0.4) is 0 Å². The summed E-state index contributed by atoms with van der Waals surface area (Å²) < 4.78 is 0. The largest absolute Gasteiger partial charge is 0.350 e. The number of benzene rings is 1. The van der Waals surface area contributed by atoms with Crippen molar-refractivity contribution in [1.82, 2.24) is 25.3 Å². The van der Waals surface area contributed by atoms with Gasteiger partial charge in [0.05, 0.1) is 12.4 Å². The number of hydrogen-bond donors (Lipinski definition) is 1. The minimum Gasteiger partial charge on any atom is -0.350 e. The molecule has 2 heterocycles. The highest BCUT2D eigenvalue weighted by Gasteiger charge is 2.07. The van der Waals surface area contributed by atoms with E-state index in [1.54, 1.807) is 18.6 Å². The Labute approximate surface area is 127 Å². The van der Waals surface area contributed by atoms with Gasteiger partial charge in [0.25, 0.3) is 0 Å². The summed E-state index contributed by atoms with van der Waals surface area (Å²) in [6.45, 7) is 0.563. The van der Waals surface area contributed by atoms with Crippen molar-refractivity contribution in [2.75, 3.05) is 0 Å². The molecule has 2 aromatic heterocycles. The maximum atomic E-state index is 11.9. The second kappa shape index (κ2) is 6.62. The van der Waals surface area contributed by atoms with Crippen molar-refractivity contribution in [3.8, 4) is 11.1 Å². The minimum atomic E-state index is -0.128. The number of aromatic nitrogens is 4. The van der Waals surface area contributed by atoms with Crippen LogP contribution in [0.1, 0.15) is 5.56 Å². The topological polar surface area (TPSA) is 72.7 Å². The first-order chi connectivity index (χ1) is 10.8. The molecule has 0 aliphatic rings. The molecule has 1 amide bonds. The Morgan fingerprint density at radius 2 is 1.86 bits per heavy atom. The van der Waals surface area contributed by atoms with E-state index in [4.69, 9.17) is 0 Å². The molecule has 0 radical (unpaired) electrons. The highest BCUT2D eigenvalue weighted by molar-refractivity contribution is 5.76. The Morgan fingerprint density at radius 3 is 2.64 bits per heavy atom. The lowest BCUT2D eigenvalue weighted by atomic mass is 10.0. The van der Waals surface area contributed by atoms with Gasteiger partial charge >= 0.3 is 0 Å². The lowest BCUT2D eigenvalue weighted by molar-refractivity contribution is -0.122. The SMILES string of the molecule is O=C(Cn1nccn1)NCc1ccccc1-c1cccnc1. The Morgan fingerprint density at radius 1 is 1.05 bits per heavy atom. The number of rotatable bonds is 5. The third-order valence-corrected chi connectivity index (χ3v) is 3.22. The average molecular weight is 293 g/mol. The van der Waals surface area contributed by atoms with Gasteiger partial charge in [0.15, 0.2) is 0 Å². The van der Waals surface area contributed by atoms with Crippen molar-refractivity contribution in [1.29, 1.82) is 0 Å². The van der Waals surface area contributed by atoms with E-state index in [-0.39, 0.29) is 12.5 Å². The van der Waals surface area contributed by atoms with Gasteiger partial charge in [-0.15, -0.1) is 0 Å². The molecule has 0 bridgehead atoms. The van der Waals surface area contributed by atoms with Crippen LogP contribution in [-0.4, -0.2) is 25.9 Å². The summed E-state index contributed by atoms with van der Waals surface area (Å²) >= 11 is 0. The number of carbonyl (C=O) groups is 1. The third-order valence-electron chi connectivity index (χ3n) is 3.22. The molecule has 1 N–H and O–H groups in total. The molecule has 1 aromatic carbocycles. The fraction of sp³-hybridized carbons (Fsp3) is 0.125. The van der Waals surface area contributed by atoms with Gasteiger partial charge in [0.2, 0.25) is 5.91 Å². The van der Waals surface area contributed by atoms with Crippen molar-refractivity contribution in [2.24, 2.45) is 0 Å². The van der Waals surface area contributed by atoms with Gasteiger partial charge < -0.3 is 5.32 Å². The Bertz CT molecular complexity index is 740. The zero-order chi connectivity index (χ0) is 15.2. The Kier molecular flexibility index (Phi) is 4.20. The summed E-state index contributed by atoms with van der Waals surface area (Å²) in [6.07, 6.45) is 6.65. The second-order valence-corrected chi connectivity index (χ2v) is 4.74. The summed E-state index contributed by atoms with van der Waals surface area (Å²) in [5.41, 5.74) is 3.13. The van der Waals surface area contributed by atoms with Crippen LogP contribution in [0.15, 0.2) is 61.2 Å². The van der Waals surface area contributed by atoms with Crippen LogP contribution in [0.25, 0.3) is 11.1 Å². The molecule has 0 aliphatic carbocycles. The van der Waals surface area contributed by atoms with Gasteiger partial charge in [-0.05, 0) is 17.2 Å². The van der Waals surface area contributed by atoms with E-state index in [1.807, 2.05) is 42.6 Å². The van der Waals surface area contributed by atoms with E-state index < -0.39 is 0 Å². The molecule has 0 spiro atoms. The van der Waals surface area contributed by atoms with E-state index in [9.17, 15) is 4.79 Å². The minimum absolute atomic E-state index is 0.113. The summed E-state index contributed by atoms with van der Waals surface area (Å²) in [7, 11) is 0. The predicted molar refractivity (Wildman–Crippen MR) is 81.5 cm³/mol. The number of hydrogen-bond acceptors (Lipinski definition) is 4. The molecule has 6 heteroatoms. The molecule has 0 unspecified atom stereocenters. The van der Waals surface area contributed by atoms with Crippen molar-refractivity contribution >= 4 is 5.91 Å². The zero-order valence-electron chi connectivity index (χ0n) is 11.9. The van der Waals surface area contributed by atoms with Crippen LogP contribution < -0.4 is 5.32 Å². The van der Waals surface area contributed by atoms with Gasteiger partial charge in [-0.2, -0.15) is 15.0 Å². The number of amides is 1. The molecule has 3 rings (SSSR count). The number of carbonyl (C=O) groups excluding carboxylic acids is 1. The number of nitrogens with zero attached hydrogens (tertiary/aromatic N) is 4. The predicted octanol–water partition coefficient (Wildman–Crippen LogP) is 1.66. The van der Waals surface area contributed by atoms with E-state index in [0.717, 1.165) is 16.7 Å². The van der Waals surface area contributed by atoms with Crippen LogP contribution in [-0.2, 0) is 17.9 Å². The van der Waals surface area contributed by atoms with E-state index in [1.165, 1.54) is 4.80 Å². The molecular weight excluding hydrogens is 278 g/mol. The second-order valence-electron chi connectivity index (χ2n) is 4.74. The van der Waals surface area contributed by atoms with E-state index in [2.05, 4.69) is 20.5 Å². The molecule has 3 aromatic rings. The summed E-state index contributed by atoms with van der Waals surface area (Å²) in [5, 5.41) is 10.7. The molecular formula is C16H15N5O. The van der Waals surface area contributed by atoms with Crippen molar-refractivity contribution in [3.05, 3.63) is 66.7 Å². The first-order valence-corrected chi connectivity index (χ1v) is 6.92. The normalized spacial score (nSPS) is 10.4. The summed E-state index contributed by atoms with van der Waals surface area (Å²) in [6, 6.07) is 11.8. The quantitative estimate of drug-likeness (QED) is 0.776. The lowest BCUT2D eigenvalue weighted by Crippen LogP contribution is -2.28. The summed E-state index contributed by atoms with van der Waals surface area (Å²) in [5.74, 6) is -0.128. The highest BCUT2D eigenvalue weighted by Crippen LogP contribution is 2.22. The maximum absolute atomic E-state index is 11.9. The van der Waals surface area contributed by atoms with Crippen molar-refractivity contribution in [3.63, 3.8) is 0 Å². The Balaban J connectivity index is 1.69. The van der Waals surface area contributed by atoms with Crippen LogP contribution in [0, 0.1) is 0 Å². The molecule has 6 nitrogen and oxygen atoms in total. The van der Waals surface area contributed by atoms with E-state index in [0.29, 0.717) is 6.54 Å². The first kappa shape index (κ1) is 13.9. The zero-order valence-corrected chi connectivity index (χ0v) is 11.9. The molecule has 0 saturated heterocycles. The van der Waals surface area contributed by atoms with Gasteiger partial charge in [0.1, 0.15) is 6.54 Å². The fourth-order valence-corrected chi connectivity index (χ4v) is 2.18. The highest BCUT2D eigenvalue weighted by atomic mass is 16.2. The van der Waals surface area contributed by atoms with Crippen LogP contribution in [0.5, 0.6) is 0 Å². The van der Waals surface area contributed by atoms with Gasteiger partial charge in [-0.1, -0.05) is 30.3 Å². The van der Waals surface area contributed by atoms with Gasteiger partial charge in [0, 0.05) is 24.5 Å². The van der Waals surface area contributed by atoms with E-state index >= 15 is 0 Å². The molecule has 22 heavy (non-hydrogen) atoms. The monoisotopic (exact) mass is 293 g/mol. The molecule has 110 valence electrons. The maximum Gasteiger partial charge on any atom is 0.243 e. The fourth-order valence-electron chi connectivity index (χ4n) is 2.18. The molecule has 0 fully saturated rings. The summed E-state index contributed by atoms with van der Waals surface area (Å²) in [4.78, 5) is 17.4. The average Bonchev–Trinajstić information content (AvgIpc) is 3.07. The number of pyridine rings is 1. The first-order valence-electron chi connectivity index (χ1n) is 6.92. The third kappa shape index (κ3) is 3.35. The van der Waals surface area contributed by atoms with Crippen LogP contribution in [0.2, 0.25) is 0 Å². The standard InChI is InChI=1S/C16H15N5O/c22-16(12-21-19-8-9-20-21)18-11-14-4-1-2-6-15(14)13-5-3-7-17-10-13/h1-10H,11-12H2,(H,18,22). The van der Waals surface area contributed by atoms with Gasteiger partial charge in [-0.25, -0.2) is 0 Å². The lowest BCUT2D eigenvalue weighted by Gasteiger charge is -2.10. The molecule has 0 aliphatic heterocycles. The van der Waals surface area contributed by atoms with Crippen molar-refractivity contribution in [2.45, 2.75) is 13.1 Å². The van der Waals surface area contributed by atoms with Crippen LogP contribution in [0.4, 0.5) is 0 Å². The Hall–Kier alpha value is -3.02. The smallest absolute Gasteiger partial charge is 0.243 e. The molecule has 0 atom stereocenters. The molecule has 0 saturated carbocycles. The van der Waals surface area contributed by atoms with Crippen molar-refractivity contribution < 1.29 is 4.79 Å². The van der Waals surface area contributed by atoms with Crippen LogP contribution >= 0.6 is 0 Å². The number of nitrogens with one attached hydrogen (secondary N) is 1. The van der Waals surface area contributed by atoms with Gasteiger partial charge in [-0.3, -0.25) is 9.78 Å².